The molecule has 18 heavy (non-hydrogen) atoms. The molecule has 1 atom stereocenters. The molecule has 0 aliphatic rings. The van der Waals surface area contributed by atoms with Gasteiger partial charge in [0, 0.05) is 26.2 Å². The summed E-state index contributed by atoms with van der Waals surface area (Å²) in [5.41, 5.74) is 0. The Kier molecular flexibility index (Phi) is 12.4. The first-order chi connectivity index (χ1) is 8.72. The first-order valence-electron chi connectivity index (χ1n) is 7.14. The topological polar surface area (TPSA) is 55.8 Å². The van der Waals surface area contributed by atoms with Crippen LogP contribution in [0.1, 0.15) is 58.8 Å². The van der Waals surface area contributed by atoms with Crippen LogP contribution in [0.5, 0.6) is 0 Å². The number of rotatable bonds is 13. The van der Waals surface area contributed by atoms with Crippen molar-refractivity contribution >= 4 is 5.97 Å². The van der Waals surface area contributed by atoms with Crippen LogP contribution in [0.15, 0.2) is 0 Å². The standard InChI is InChI=1S/C14H28O4/c1-3-5-6-7-8-9-11-17-12-10-13(14(15)16)18-4-2/h13H,3-12H2,1-2H3,(H,15,16). The van der Waals surface area contributed by atoms with Gasteiger partial charge in [-0.15, -0.1) is 0 Å². The Bertz CT molecular complexity index is 194. The van der Waals surface area contributed by atoms with Gasteiger partial charge in [0.25, 0.3) is 0 Å². The maximum atomic E-state index is 10.8. The smallest absolute Gasteiger partial charge is 0.332 e. The van der Waals surface area contributed by atoms with E-state index in [0.29, 0.717) is 19.6 Å². The summed E-state index contributed by atoms with van der Waals surface area (Å²) < 4.78 is 10.5. The zero-order valence-corrected chi connectivity index (χ0v) is 11.8. The van der Waals surface area contributed by atoms with E-state index >= 15 is 0 Å². The van der Waals surface area contributed by atoms with E-state index in [1.165, 1.54) is 32.1 Å². The minimum atomic E-state index is -0.903. The van der Waals surface area contributed by atoms with E-state index in [1.54, 1.807) is 6.92 Å². The fourth-order valence-electron chi connectivity index (χ4n) is 1.76. The second-order valence-electron chi connectivity index (χ2n) is 4.45. The summed E-state index contributed by atoms with van der Waals surface area (Å²) in [6.45, 7) is 5.62. The molecule has 0 heterocycles. The molecule has 4 heteroatoms. The van der Waals surface area contributed by atoms with E-state index in [9.17, 15) is 4.79 Å². The highest BCUT2D eigenvalue weighted by Gasteiger charge is 2.16. The van der Waals surface area contributed by atoms with Gasteiger partial charge >= 0.3 is 5.97 Å². The second kappa shape index (κ2) is 12.8. The first-order valence-corrected chi connectivity index (χ1v) is 7.14. The maximum absolute atomic E-state index is 10.8. The van der Waals surface area contributed by atoms with Crippen molar-refractivity contribution in [2.45, 2.75) is 64.9 Å². The molecule has 0 aliphatic carbocycles. The number of carbonyl (C=O) groups is 1. The summed E-state index contributed by atoms with van der Waals surface area (Å²) in [6, 6.07) is 0. The molecule has 4 nitrogen and oxygen atoms in total. The Morgan fingerprint density at radius 3 is 2.33 bits per heavy atom. The van der Waals surface area contributed by atoms with Crippen molar-refractivity contribution in [1.82, 2.24) is 0 Å². The van der Waals surface area contributed by atoms with E-state index in [0.717, 1.165) is 13.0 Å². The van der Waals surface area contributed by atoms with Gasteiger partial charge in [0.15, 0.2) is 6.10 Å². The highest BCUT2D eigenvalue weighted by molar-refractivity contribution is 5.72. The monoisotopic (exact) mass is 260 g/mol. The van der Waals surface area contributed by atoms with Crippen LogP contribution in [0.25, 0.3) is 0 Å². The molecular formula is C14H28O4. The minimum absolute atomic E-state index is 0.425. The number of carboxylic acid groups (broad SMARTS) is 1. The van der Waals surface area contributed by atoms with Crippen LogP contribution in [0.3, 0.4) is 0 Å². The molecule has 0 bridgehead atoms. The highest BCUT2D eigenvalue weighted by Crippen LogP contribution is 2.05. The zero-order chi connectivity index (χ0) is 13.6. The summed E-state index contributed by atoms with van der Waals surface area (Å²) in [5.74, 6) is -0.903. The van der Waals surface area contributed by atoms with Crippen LogP contribution in [0, 0.1) is 0 Å². The van der Waals surface area contributed by atoms with Crippen molar-refractivity contribution in [3.63, 3.8) is 0 Å². The predicted molar refractivity (Wildman–Crippen MR) is 71.9 cm³/mol. The molecule has 0 saturated carbocycles. The molecule has 0 amide bonds. The van der Waals surface area contributed by atoms with E-state index < -0.39 is 12.1 Å². The first kappa shape index (κ1) is 17.4. The molecule has 0 spiro atoms. The zero-order valence-electron chi connectivity index (χ0n) is 11.8. The molecule has 1 N–H and O–H groups in total. The third-order valence-corrected chi connectivity index (χ3v) is 2.81. The van der Waals surface area contributed by atoms with Gasteiger partial charge in [-0.1, -0.05) is 39.0 Å². The molecule has 0 saturated heterocycles. The fourth-order valence-corrected chi connectivity index (χ4v) is 1.76. The second-order valence-corrected chi connectivity index (χ2v) is 4.45. The van der Waals surface area contributed by atoms with Crippen molar-refractivity contribution in [3.05, 3.63) is 0 Å². The van der Waals surface area contributed by atoms with Crippen molar-refractivity contribution in [3.8, 4) is 0 Å². The third kappa shape index (κ3) is 10.5. The van der Waals surface area contributed by atoms with E-state index in [-0.39, 0.29) is 0 Å². The molecule has 0 rings (SSSR count). The van der Waals surface area contributed by atoms with Gasteiger partial charge in [-0.2, -0.15) is 0 Å². The van der Waals surface area contributed by atoms with Gasteiger partial charge in [0.1, 0.15) is 0 Å². The number of hydrogen-bond acceptors (Lipinski definition) is 3. The normalized spacial score (nSPS) is 12.6. The van der Waals surface area contributed by atoms with Gasteiger partial charge in [0.05, 0.1) is 0 Å². The third-order valence-electron chi connectivity index (χ3n) is 2.81. The van der Waals surface area contributed by atoms with E-state index in [4.69, 9.17) is 14.6 Å². The Morgan fingerprint density at radius 2 is 1.72 bits per heavy atom. The lowest BCUT2D eigenvalue weighted by Gasteiger charge is -2.12. The fraction of sp³-hybridized carbons (Fsp3) is 0.929. The van der Waals surface area contributed by atoms with Gasteiger partial charge in [-0.3, -0.25) is 0 Å². The van der Waals surface area contributed by atoms with Crippen LogP contribution in [-0.2, 0) is 14.3 Å². The van der Waals surface area contributed by atoms with Gasteiger partial charge in [0.2, 0.25) is 0 Å². The van der Waals surface area contributed by atoms with Gasteiger partial charge < -0.3 is 14.6 Å². The number of aliphatic carboxylic acids is 1. The summed E-state index contributed by atoms with van der Waals surface area (Å²) in [7, 11) is 0. The molecule has 0 aromatic rings. The predicted octanol–water partition coefficient (Wildman–Crippen LogP) is 3.24. The molecule has 108 valence electrons. The number of unbranched alkanes of at least 4 members (excludes halogenated alkanes) is 5. The van der Waals surface area contributed by atoms with Crippen molar-refractivity contribution in [1.29, 1.82) is 0 Å². The number of carboxylic acids is 1. The summed E-state index contributed by atoms with van der Waals surface area (Å²) >= 11 is 0. The van der Waals surface area contributed by atoms with Crippen LogP contribution in [0.2, 0.25) is 0 Å². The Morgan fingerprint density at radius 1 is 1.06 bits per heavy atom. The Hall–Kier alpha value is -0.610. The highest BCUT2D eigenvalue weighted by atomic mass is 16.5. The van der Waals surface area contributed by atoms with Crippen molar-refractivity contribution < 1.29 is 19.4 Å². The Labute approximate surface area is 111 Å². The average Bonchev–Trinajstić information content (AvgIpc) is 2.35. The average molecular weight is 260 g/mol. The van der Waals surface area contributed by atoms with Crippen molar-refractivity contribution in [2.24, 2.45) is 0 Å². The molecule has 1 unspecified atom stereocenters. The molecule has 0 fully saturated rings. The van der Waals surface area contributed by atoms with Gasteiger partial charge in [-0.25, -0.2) is 4.79 Å². The summed E-state index contributed by atoms with van der Waals surface area (Å²) in [6.07, 6.45) is 7.14. The Balaban J connectivity index is 3.30. The number of hydrogen-bond donors (Lipinski definition) is 1. The molecule has 0 aliphatic heterocycles. The van der Waals surface area contributed by atoms with Gasteiger partial charge in [-0.05, 0) is 13.3 Å². The lowest BCUT2D eigenvalue weighted by molar-refractivity contribution is -0.151. The van der Waals surface area contributed by atoms with Crippen LogP contribution in [-0.4, -0.2) is 37.0 Å². The lowest BCUT2D eigenvalue weighted by atomic mass is 10.1. The quantitative estimate of drug-likeness (QED) is 0.516. The largest absolute Gasteiger partial charge is 0.479 e. The number of ether oxygens (including phenoxy) is 2. The minimum Gasteiger partial charge on any atom is -0.479 e. The molecule has 0 aromatic heterocycles. The van der Waals surface area contributed by atoms with Crippen molar-refractivity contribution in [2.75, 3.05) is 19.8 Å². The molecule has 0 aromatic carbocycles. The van der Waals surface area contributed by atoms with Crippen LogP contribution in [0.4, 0.5) is 0 Å². The molecular weight excluding hydrogens is 232 g/mol. The van der Waals surface area contributed by atoms with Crippen LogP contribution < -0.4 is 0 Å². The molecule has 0 radical (unpaired) electrons. The summed E-state index contributed by atoms with van der Waals surface area (Å²) in [5, 5.41) is 8.85. The van der Waals surface area contributed by atoms with E-state index in [2.05, 4.69) is 6.92 Å². The SMILES string of the molecule is CCCCCCCCOCCC(OCC)C(=O)O. The lowest BCUT2D eigenvalue weighted by Crippen LogP contribution is -2.25. The summed E-state index contributed by atoms with van der Waals surface area (Å²) in [4.78, 5) is 10.8. The maximum Gasteiger partial charge on any atom is 0.332 e. The van der Waals surface area contributed by atoms with E-state index in [1.807, 2.05) is 0 Å². The van der Waals surface area contributed by atoms with Crippen LogP contribution >= 0.6 is 0 Å².